The summed E-state index contributed by atoms with van der Waals surface area (Å²) in [6.07, 6.45) is 0.946. The maximum atomic E-state index is 12.8. The molecule has 0 aromatic heterocycles. The van der Waals surface area contributed by atoms with E-state index < -0.39 is 5.60 Å². The van der Waals surface area contributed by atoms with Gasteiger partial charge < -0.3 is 9.64 Å². The summed E-state index contributed by atoms with van der Waals surface area (Å²) in [5.74, 6) is 0.409. The van der Waals surface area contributed by atoms with Crippen molar-refractivity contribution in [3.8, 4) is 11.1 Å². The molecule has 0 spiro atoms. The van der Waals surface area contributed by atoms with Gasteiger partial charge in [0, 0.05) is 32.2 Å². The van der Waals surface area contributed by atoms with Crippen LogP contribution < -0.4 is 10.9 Å². The van der Waals surface area contributed by atoms with Gasteiger partial charge in [0.15, 0.2) is 0 Å². The summed E-state index contributed by atoms with van der Waals surface area (Å²) in [4.78, 5) is 14.8. The van der Waals surface area contributed by atoms with E-state index in [0.717, 1.165) is 19.5 Å². The number of methoxy groups -OCH3 is 1. The molecule has 3 atom stereocenters. The van der Waals surface area contributed by atoms with E-state index in [-0.39, 0.29) is 11.9 Å². The van der Waals surface area contributed by atoms with Crippen molar-refractivity contribution in [2.24, 2.45) is 5.92 Å². The fraction of sp³-hybridized carbons (Fsp3) is 0.435. The minimum Gasteiger partial charge on any atom is -0.369 e. The molecule has 2 heterocycles. The van der Waals surface area contributed by atoms with Gasteiger partial charge in [-0.3, -0.25) is 10.2 Å². The molecule has 2 saturated heterocycles. The first-order chi connectivity index (χ1) is 13.5. The highest BCUT2D eigenvalue weighted by molar-refractivity contribution is 5.84. The maximum absolute atomic E-state index is 12.8. The zero-order chi connectivity index (χ0) is 19.7. The number of piperidine rings is 1. The lowest BCUT2D eigenvalue weighted by atomic mass is 9.84. The van der Waals surface area contributed by atoms with Gasteiger partial charge in [0.05, 0.1) is 6.04 Å². The molecule has 28 heavy (non-hydrogen) atoms. The SMILES string of the molecule is COC(C)(C)C(=O)N1CCC2NNC(c3ccc(-c4ccccc4)cc3)C2C1. The molecule has 5 heteroatoms. The first-order valence-corrected chi connectivity index (χ1v) is 10.0. The minimum absolute atomic E-state index is 0.0681. The van der Waals surface area contributed by atoms with Gasteiger partial charge in [0.2, 0.25) is 0 Å². The predicted molar refractivity (Wildman–Crippen MR) is 110 cm³/mol. The van der Waals surface area contributed by atoms with Gasteiger partial charge in [-0.1, -0.05) is 54.6 Å². The first-order valence-electron chi connectivity index (χ1n) is 10.0. The molecule has 0 radical (unpaired) electrons. The van der Waals surface area contributed by atoms with Crippen LogP contribution in [0.2, 0.25) is 0 Å². The van der Waals surface area contributed by atoms with E-state index in [0.29, 0.717) is 12.0 Å². The van der Waals surface area contributed by atoms with Crippen LogP contribution in [0.5, 0.6) is 0 Å². The lowest BCUT2D eigenvalue weighted by Gasteiger charge is -2.39. The Bertz CT molecular complexity index is 820. The average Bonchev–Trinajstić information content (AvgIpc) is 3.17. The number of ether oxygens (including phenoxy) is 1. The lowest BCUT2D eigenvalue weighted by Crippen LogP contribution is -2.53. The van der Waals surface area contributed by atoms with E-state index in [9.17, 15) is 4.79 Å². The third kappa shape index (κ3) is 3.58. The second kappa shape index (κ2) is 7.66. The molecule has 2 aliphatic heterocycles. The number of nitrogens with one attached hydrogen (secondary N) is 2. The van der Waals surface area contributed by atoms with Gasteiger partial charge in [-0.25, -0.2) is 5.43 Å². The summed E-state index contributed by atoms with van der Waals surface area (Å²) in [6.45, 7) is 5.18. The Kier molecular flexibility index (Phi) is 5.23. The zero-order valence-electron chi connectivity index (χ0n) is 16.8. The lowest BCUT2D eigenvalue weighted by molar-refractivity contribution is -0.153. The average molecular weight is 380 g/mol. The number of nitrogens with zero attached hydrogens (tertiary/aromatic N) is 1. The molecule has 2 aromatic carbocycles. The fourth-order valence-electron chi connectivity index (χ4n) is 4.30. The number of amides is 1. The number of hydrogen-bond donors (Lipinski definition) is 2. The van der Waals surface area contributed by atoms with Gasteiger partial charge in [-0.2, -0.15) is 0 Å². The van der Waals surface area contributed by atoms with Crippen LogP contribution in [-0.4, -0.2) is 42.6 Å². The molecular formula is C23H29N3O2. The Balaban J connectivity index is 1.51. The summed E-state index contributed by atoms with van der Waals surface area (Å²) >= 11 is 0. The van der Waals surface area contributed by atoms with Gasteiger partial charge in [0.25, 0.3) is 5.91 Å². The van der Waals surface area contributed by atoms with E-state index >= 15 is 0 Å². The van der Waals surface area contributed by atoms with Crippen LogP contribution in [0.1, 0.15) is 31.9 Å². The van der Waals surface area contributed by atoms with Crippen molar-refractivity contribution in [2.45, 2.75) is 38.0 Å². The first kappa shape index (κ1) is 19.1. The third-order valence-corrected chi connectivity index (χ3v) is 6.20. The molecule has 0 saturated carbocycles. The molecule has 2 fully saturated rings. The topological polar surface area (TPSA) is 53.6 Å². The number of hydrazine groups is 1. The van der Waals surface area contributed by atoms with Crippen LogP contribution in [0.25, 0.3) is 11.1 Å². The molecule has 2 aliphatic rings. The zero-order valence-corrected chi connectivity index (χ0v) is 16.8. The van der Waals surface area contributed by atoms with Crippen LogP contribution in [-0.2, 0) is 9.53 Å². The number of carbonyl (C=O) groups excluding carboxylic acids is 1. The normalized spacial score (nSPS) is 24.8. The summed E-state index contributed by atoms with van der Waals surface area (Å²) in [6, 6.07) is 19.7. The molecule has 2 aromatic rings. The standard InChI is InChI=1S/C23H29N3O2/c1-23(2,28-3)22(27)26-14-13-20-19(15-26)21(25-24-20)18-11-9-17(10-12-18)16-7-5-4-6-8-16/h4-12,19-21,24-25H,13-15H2,1-3H3. The maximum Gasteiger partial charge on any atom is 0.254 e. The summed E-state index contributed by atoms with van der Waals surface area (Å²) in [5.41, 5.74) is 9.82. The van der Waals surface area contributed by atoms with E-state index in [1.807, 2.05) is 24.8 Å². The summed E-state index contributed by atoms with van der Waals surface area (Å²) in [7, 11) is 1.60. The van der Waals surface area contributed by atoms with Crippen LogP contribution in [0.4, 0.5) is 0 Å². The molecule has 5 nitrogen and oxygen atoms in total. The monoisotopic (exact) mass is 379 g/mol. The Hall–Kier alpha value is -2.21. The van der Waals surface area contributed by atoms with Crippen molar-refractivity contribution in [3.63, 3.8) is 0 Å². The molecular weight excluding hydrogens is 350 g/mol. The van der Waals surface area contributed by atoms with Gasteiger partial charge in [-0.15, -0.1) is 0 Å². The van der Waals surface area contributed by atoms with Crippen molar-refractivity contribution >= 4 is 5.91 Å². The second-order valence-corrected chi connectivity index (χ2v) is 8.28. The number of likely N-dealkylation sites (tertiary alicyclic amines) is 1. The van der Waals surface area contributed by atoms with E-state index in [1.165, 1.54) is 16.7 Å². The molecule has 3 unspecified atom stereocenters. The number of carbonyl (C=O) groups is 1. The fourth-order valence-corrected chi connectivity index (χ4v) is 4.30. The highest BCUT2D eigenvalue weighted by Gasteiger charge is 2.43. The quantitative estimate of drug-likeness (QED) is 0.857. The van der Waals surface area contributed by atoms with Crippen molar-refractivity contribution in [3.05, 3.63) is 60.2 Å². The Morgan fingerprint density at radius 3 is 2.39 bits per heavy atom. The van der Waals surface area contributed by atoms with Crippen LogP contribution in [0, 0.1) is 5.92 Å². The minimum atomic E-state index is -0.779. The van der Waals surface area contributed by atoms with Gasteiger partial charge >= 0.3 is 0 Å². The largest absolute Gasteiger partial charge is 0.369 e. The summed E-state index contributed by atoms with van der Waals surface area (Å²) in [5, 5.41) is 0. The van der Waals surface area contributed by atoms with Crippen molar-refractivity contribution in [1.29, 1.82) is 0 Å². The van der Waals surface area contributed by atoms with E-state index in [1.54, 1.807) is 7.11 Å². The Labute approximate surface area is 167 Å². The van der Waals surface area contributed by atoms with Crippen LogP contribution >= 0.6 is 0 Å². The molecule has 148 valence electrons. The van der Waals surface area contributed by atoms with Crippen LogP contribution in [0.3, 0.4) is 0 Å². The Morgan fingerprint density at radius 2 is 1.71 bits per heavy atom. The molecule has 1 amide bonds. The van der Waals surface area contributed by atoms with E-state index in [4.69, 9.17) is 4.74 Å². The number of rotatable bonds is 4. The molecule has 2 N–H and O–H groups in total. The predicted octanol–water partition coefficient (Wildman–Crippen LogP) is 3.14. The molecule has 4 rings (SSSR count). The van der Waals surface area contributed by atoms with Crippen molar-refractivity contribution < 1.29 is 9.53 Å². The third-order valence-electron chi connectivity index (χ3n) is 6.20. The number of benzene rings is 2. The number of hydrogen-bond acceptors (Lipinski definition) is 4. The van der Waals surface area contributed by atoms with E-state index in [2.05, 4.69) is 59.4 Å². The smallest absolute Gasteiger partial charge is 0.254 e. The molecule has 0 aliphatic carbocycles. The highest BCUT2D eigenvalue weighted by Crippen LogP contribution is 2.35. The van der Waals surface area contributed by atoms with Gasteiger partial charge in [0.1, 0.15) is 5.60 Å². The van der Waals surface area contributed by atoms with Crippen molar-refractivity contribution in [1.82, 2.24) is 15.8 Å². The van der Waals surface area contributed by atoms with Gasteiger partial charge in [-0.05, 0) is 37.0 Å². The summed E-state index contributed by atoms with van der Waals surface area (Å²) < 4.78 is 5.41. The van der Waals surface area contributed by atoms with Crippen molar-refractivity contribution in [2.75, 3.05) is 20.2 Å². The second-order valence-electron chi connectivity index (χ2n) is 8.28. The van der Waals surface area contributed by atoms with Crippen LogP contribution in [0.15, 0.2) is 54.6 Å². The molecule has 0 bridgehead atoms. The Morgan fingerprint density at radius 1 is 1.04 bits per heavy atom. The number of fused-ring (bicyclic) bond motifs is 1. The highest BCUT2D eigenvalue weighted by atomic mass is 16.5.